The number of amides is 1. The number of fused-ring (bicyclic) bond motifs is 1. The van der Waals surface area contributed by atoms with Crippen LogP contribution in [0.2, 0.25) is 0 Å². The number of carbonyl (C=O) groups excluding carboxylic acids is 1. The van der Waals surface area contributed by atoms with Crippen LogP contribution in [0.15, 0.2) is 30.5 Å². The van der Waals surface area contributed by atoms with Crippen molar-refractivity contribution in [3.63, 3.8) is 0 Å². The number of aryl methyl sites for hydroxylation is 2. The highest BCUT2D eigenvalue weighted by Crippen LogP contribution is 2.36. The average molecular weight is 339 g/mol. The van der Waals surface area contributed by atoms with E-state index in [9.17, 15) is 4.79 Å². The molecule has 0 spiro atoms. The van der Waals surface area contributed by atoms with Gasteiger partial charge < -0.3 is 4.90 Å². The van der Waals surface area contributed by atoms with Gasteiger partial charge in [0.15, 0.2) is 0 Å². The molecule has 1 aliphatic rings. The van der Waals surface area contributed by atoms with Crippen molar-refractivity contribution in [1.29, 1.82) is 0 Å². The zero-order valence-corrected chi connectivity index (χ0v) is 15.1. The zero-order chi connectivity index (χ0) is 16.8. The summed E-state index contributed by atoms with van der Waals surface area (Å²) in [5, 5.41) is 5.52. The summed E-state index contributed by atoms with van der Waals surface area (Å²) in [6, 6.07) is 8.55. The van der Waals surface area contributed by atoms with Gasteiger partial charge in [-0.1, -0.05) is 17.7 Å². The number of thiophene rings is 1. The van der Waals surface area contributed by atoms with Gasteiger partial charge >= 0.3 is 0 Å². The fourth-order valence-corrected chi connectivity index (χ4v) is 4.58. The van der Waals surface area contributed by atoms with E-state index in [1.54, 1.807) is 11.3 Å². The molecule has 1 saturated heterocycles. The van der Waals surface area contributed by atoms with Gasteiger partial charge in [-0.05, 0) is 44.2 Å². The number of hydrogen-bond donors (Lipinski definition) is 0. The van der Waals surface area contributed by atoms with Gasteiger partial charge in [0.25, 0.3) is 5.91 Å². The first-order chi connectivity index (χ1) is 11.5. The minimum Gasteiger partial charge on any atom is -0.331 e. The number of benzene rings is 1. The highest BCUT2D eigenvalue weighted by atomic mass is 32.1. The maximum absolute atomic E-state index is 13.1. The lowest BCUT2D eigenvalue weighted by Gasteiger charge is -2.24. The zero-order valence-electron chi connectivity index (χ0n) is 14.2. The standard InChI is InChI=1S/C19H21N3OS/c1-12-6-7-17-14(9-12)10-18(24-17)19(23)22-8-4-5-16(22)15-11-20-21(3)13(15)2/h6-7,9-11,16H,4-5,8H2,1-3H3. The van der Waals surface area contributed by atoms with E-state index in [0.29, 0.717) is 0 Å². The Balaban J connectivity index is 1.68. The van der Waals surface area contributed by atoms with Crippen LogP contribution in [-0.4, -0.2) is 27.1 Å². The summed E-state index contributed by atoms with van der Waals surface area (Å²) in [5.74, 6) is 0.152. The molecule has 2 aromatic heterocycles. The number of rotatable bonds is 2. The predicted molar refractivity (Wildman–Crippen MR) is 97.5 cm³/mol. The molecule has 1 unspecified atom stereocenters. The molecule has 4 nitrogen and oxygen atoms in total. The lowest BCUT2D eigenvalue weighted by atomic mass is 10.1. The van der Waals surface area contributed by atoms with Gasteiger partial charge in [-0.2, -0.15) is 5.10 Å². The third kappa shape index (κ3) is 2.44. The van der Waals surface area contributed by atoms with Crippen molar-refractivity contribution in [2.45, 2.75) is 32.7 Å². The van der Waals surface area contributed by atoms with Crippen molar-refractivity contribution >= 4 is 27.3 Å². The van der Waals surface area contributed by atoms with Crippen molar-refractivity contribution < 1.29 is 4.79 Å². The highest BCUT2D eigenvalue weighted by Gasteiger charge is 2.33. The summed E-state index contributed by atoms with van der Waals surface area (Å²) in [5.41, 5.74) is 3.55. The molecule has 1 fully saturated rings. The van der Waals surface area contributed by atoms with Crippen LogP contribution < -0.4 is 0 Å². The minimum absolute atomic E-state index is 0.151. The Morgan fingerprint density at radius 3 is 2.88 bits per heavy atom. The van der Waals surface area contributed by atoms with Gasteiger partial charge in [0.05, 0.1) is 17.1 Å². The van der Waals surface area contributed by atoms with Gasteiger partial charge in [0.2, 0.25) is 0 Å². The van der Waals surface area contributed by atoms with Crippen LogP contribution in [0.25, 0.3) is 10.1 Å². The molecule has 0 saturated carbocycles. The van der Waals surface area contributed by atoms with E-state index < -0.39 is 0 Å². The van der Waals surface area contributed by atoms with E-state index in [1.807, 2.05) is 28.9 Å². The van der Waals surface area contributed by atoms with Crippen molar-refractivity contribution in [1.82, 2.24) is 14.7 Å². The first-order valence-corrected chi connectivity index (χ1v) is 9.16. The fraction of sp³-hybridized carbons (Fsp3) is 0.368. The van der Waals surface area contributed by atoms with E-state index in [4.69, 9.17) is 0 Å². The Kier molecular flexibility index (Phi) is 3.68. The number of aromatic nitrogens is 2. The Morgan fingerprint density at radius 2 is 2.12 bits per heavy atom. The van der Waals surface area contributed by atoms with Crippen LogP contribution in [0, 0.1) is 13.8 Å². The summed E-state index contributed by atoms with van der Waals surface area (Å²) >= 11 is 1.60. The molecular formula is C19H21N3OS. The van der Waals surface area contributed by atoms with Gasteiger partial charge in [-0.25, -0.2) is 0 Å². The maximum atomic E-state index is 13.1. The first-order valence-electron chi connectivity index (χ1n) is 8.34. The van der Waals surface area contributed by atoms with Crippen LogP contribution >= 0.6 is 11.3 Å². The average Bonchev–Trinajstić information content (AvgIpc) is 3.26. The van der Waals surface area contributed by atoms with E-state index >= 15 is 0 Å². The molecule has 5 heteroatoms. The number of carbonyl (C=O) groups is 1. The molecule has 0 bridgehead atoms. The minimum atomic E-state index is 0.151. The third-order valence-electron chi connectivity index (χ3n) is 5.03. The summed E-state index contributed by atoms with van der Waals surface area (Å²) in [6.07, 6.45) is 3.98. The quantitative estimate of drug-likeness (QED) is 0.701. The molecule has 124 valence electrons. The molecule has 1 atom stereocenters. The molecule has 24 heavy (non-hydrogen) atoms. The normalized spacial score (nSPS) is 17.8. The lowest BCUT2D eigenvalue weighted by Crippen LogP contribution is -2.30. The van der Waals surface area contributed by atoms with Crippen molar-refractivity contribution in [3.05, 3.63) is 52.2 Å². The molecule has 1 amide bonds. The van der Waals surface area contributed by atoms with Gasteiger partial charge in [0, 0.05) is 29.5 Å². The van der Waals surface area contributed by atoms with Crippen molar-refractivity contribution in [2.75, 3.05) is 6.54 Å². The van der Waals surface area contributed by atoms with Crippen molar-refractivity contribution in [2.24, 2.45) is 7.05 Å². The Morgan fingerprint density at radius 1 is 1.29 bits per heavy atom. The second kappa shape index (κ2) is 5.74. The first kappa shape index (κ1) is 15.4. The van der Waals surface area contributed by atoms with E-state index in [2.05, 4.69) is 37.1 Å². The molecule has 3 heterocycles. The van der Waals surface area contributed by atoms with Crippen LogP contribution in [0.4, 0.5) is 0 Å². The molecule has 3 aromatic rings. The molecule has 1 aliphatic heterocycles. The molecule has 0 N–H and O–H groups in total. The second-order valence-electron chi connectivity index (χ2n) is 6.62. The van der Waals surface area contributed by atoms with Gasteiger partial charge in [-0.3, -0.25) is 9.48 Å². The molecular weight excluding hydrogens is 318 g/mol. The molecule has 1 aromatic carbocycles. The van der Waals surface area contributed by atoms with Gasteiger partial charge in [0.1, 0.15) is 0 Å². The van der Waals surface area contributed by atoms with E-state index in [-0.39, 0.29) is 11.9 Å². The number of nitrogens with zero attached hydrogens (tertiary/aromatic N) is 3. The Bertz CT molecular complexity index is 924. The van der Waals surface area contributed by atoms with Crippen LogP contribution in [0.3, 0.4) is 0 Å². The number of hydrogen-bond acceptors (Lipinski definition) is 3. The Hall–Kier alpha value is -2.14. The fourth-order valence-electron chi connectivity index (χ4n) is 3.59. The van der Waals surface area contributed by atoms with Crippen molar-refractivity contribution in [3.8, 4) is 0 Å². The monoisotopic (exact) mass is 339 g/mol. The smallest absolute Gasteiger partial charge is 0.264 e. The molecule has 4 rings (SSSR count). The summed E-state index contributed by atoms with van der Waals surface area (Å²) in [6.45, 7) is 4.98. The predicted octanol–water partition coefficient (Wildman–Crippen LogP) is 4.23. The van der Waals surface area contributed by atoms with Crippen LogP contribution in [0.1, 0.15) is 45.4 Å². The highest BCUT2D eigenvalue weighted by molar-refractivity contribution is 7.20. The largest absolute Gasteiger partial charge is 0.331 e. The molecule has 0 aliphatic carbocycles. The number of likely N-dealkylation sites (tertiary alicyclic amines) is 1. The maximum Gasteiger partial charge on any atom is 0.264 e. The summed E-state index contributed by atoms with van der Waals surface area (Å²) in [7, 11) is 1.95. The van der Waals surface area contributed by atoms with Crippen LogP contribution in [-0.2, 0) is 7.05 Å². The summed E-state index contributed by atoms with van der Waals surface area (Å²) in [4.78, 5) is 16.0. The topological polar surface area (TPSA) is 38.1 Å². The van der Waals surface area contributed by atoms with Crippen LogP contribution in [0.5, 0.6) is 0 Å². The summed E-state index contributed by atoms with van der Waals surface area (Å²) < 4.78 is 3.07. The Labute approximate surface area is 145 Å². The van der Waals surface area contributed by atoms with E-state index in [0.717, 1.165) is 35.3 Å². The third-order valence-corrected chi connectivity index (χ3v) is 6.13. The van der Waals surface area contributed by atoms with Gasteiger partial charge in [-0.15, -0.1) is 11.3 Å². The second-order valence-corrected chi connectivity index (χ2v) is 7.70. The molecule has 0 radical (unpaired) electrons. The SMILES string of the molecule is Cc1ccc2sc(C(=O)N3CCCC3c3cnn(C)c3C)cc2c1. The lowest BCUT2D eigenvalue weighted by molar-refractivity contribution is 0.0740. The van der Waals surface area contributed by atoms with E-state index in [1.165, 1.54) is 15.8 Å².